The molecule has 1 heterocycles. The number of amides is 1. The van der Waals surface area contributed by atoms with E-state index in [1.165, 1.54) is 44.1 Å². The highest BCUT2D eigenvalue weighted by molar-refractivity contribution is 8.00. The van der Waals surface area contributed by atoms with Crippen LogP contribution in [0.4, 0.5) is 0 Å². The van der Waals surface area contributed by atoms with Crippen LogP contribution < -0.4 is 0 Å². The number of benzene rings is 1. The smallest absolute Gasteiger partial charge is 0.232 e. The number of hydrogen-bond donors (Lipinski definition) is 0. The zero-order chi connectivity index (χ0) is 15.2. The van der Waals surface area contributed by atoms with Crippen molar-refractivity contribution in [3.63, 3.8) is 0 Å². The van der Waals surface area contributed by atoms with Gasteiger partial charge in [0.1, 0.15) is 0 Å². The van der Waals surface area contributed by atoms with Crippen LogP contribution in [-0.4, -0.2) is 34.9 Å². The third kappa shape index (κ3) is 4.28. The van der Waals surface area contributed by atoms with Gasteiger partial charge in [-0.3, -0.25) is 4.79 Å². The largest absolute Gasteiger partial charge is 0.341 e. The second kappa shape index (κ2) is 8.05. The first-order valence-corrected chi connectivity index (χ1v) is 9.82. The molecule has 1 aliphatic carbocycles. The molecule has 0 spiro atoms. The monoisotopic (exact) mass is 317 g/mol. The van der Waals surface area contributed by atoms with Gasteiger partial charge in [0.25, 0.3) is 0 Å². The van der Waals surface area contributed by atoms with E-state index in [0.29, 0.717) is 17.6 Å². The maximum atomic E-state index is 12.6. The molecule has 3 rings (SSSR count). The number of carbonyl (C=O) groups is 1. The first-order chi connectivity index (χ1) is 10.8. The number of carbonyl (C=O) groups excluding carboxylic acids is 1. The maximum Gasteiger partial charge on any atom is 0.232 e. The summed E-state index contributed by atoms with van der Waals surface area (Å²) in [6.07, 6.45) is 8.93. The summed E-state index contributed by atoms with van der Waals surface area (Å²) in [5, 5.41) is 0.737. The highest BCUT2D eigenvalue weighted by Gasteiger charge is 2.24. The van der Waals surface area contributed by atoms with Gasteiger partial charge in [-0.05, 0) is 31.2 Å². The molecule has 2 aliphatic rings. The zero-order valence-corrected chi connectivity index (χ0v) is 14.2. The fraction of sp³-hybridized carbons (Fsp3) is 0.632. The van der Waals surface area contributed by atoms with Crippen molar-refractivity contribution in [1.82, 2.24) is 4.90 Å². The van der Waals surface area contributed by atoms with Crippen molar-refractivity contribution < 1.29 is 4.79 Å². The van der Waals surface area contributed by atoms with E-state index in [1.807, 2.05) is 11.8 Å². The standard InChI is InChI=1S/C19H27NOS/c21-19(15-22-18-11-4-5-12-18)20-13-7-6-10-17(14-20)16-8-2-1-3-9-16/h1-3,8-9,17-18H,4-7,10-15H2/t17-/m0/s1. The van der Waals surface area contributed by atoms with Gasteiger partial charge in [-0.15, -0.1) is 11.8 Å². The summed E-state index contributed by atoms with van der Waals surface area (Å²) in [4.78, 5) is 14.7. The van der Waals surface area contributed by atoms with Gasteiger partial charge in [-0.2, -0.15) is 0 Å². The fourth-order valence-corrected chi connectivity index (χ4v) is 4.93. The van der Waals surface area contributed by atoms with Crippen molar-refractivity contribution in [3.8, 4) is 0 Å². The first-order valence-electron chi connectivity index (χ1n) is 8.77. The lowest BCUT2D eigenvalue weighted by molar-refractivity contribution is -0.128. The molecule has 1 aromatic carbocycles. The predicted octanol–water partition coefficient (Wildman–Crippen LogP) is 4.46. The fourth-order valence-electron chi connectivity index (χ4n) is 3.70. The molecule has 1 amide bonds. The summed E-state index contributed by atoms with van der Waals surface area (Å²) >= 11 is 1.90. The quantitative estimate of drug-likeness (QED) is 0.817. The SMILES string of the molecule is O=C(CSC1CCCC1)N1CCCC[C@H](c2ccccc2)C1. The minimum atomic E-state index is 0.361. The summed E-state index contributed by atoms with van der Waals surface area (Å²) in [5.74, 6) is 1.57. The Bertz CT molecular complexity index is 470. The van der Waals surface area contributed by atoms with Crippen molar-refractivity contribution in [2.75, 3.05) is 18.8 Å². The number of thioether (sulfide) groups is 1. The van der Waals surface area contributed by atoms with Crippen LogP contribution in [0.2, 0.25) is 0 Å². The lowest BCUT2D eigenvalue weighted by atomic mass is 9.94. The topological polar surface area (TPSA) is 20.3 Å². The number of rotatable bonds is 4. The second-order valence-corrected chi connectivity index (χ2v) is 7.95. The van der Waals surface area contributed by atoms with Gasteiger partial charge < -0.3 is 4.90 Å². The van der Waals surface area contributed by atoms with Crippen LogP contribution in [0, 0.1) is 0 Å². The Balaban J connectivity index is 1.56. The van der Waals surface area contributed by atoms with Gasteiger partial charge in [-0.1, -0.05) is 49.6 Å². The average Bonchev–Trinajstić information content (AvgIpc) is 2.96. The number of likely N-dealkylation sites (tertiary alicyclic amines) is 1. The molecule has 1 atom stereocenters. The van der Waals surface area contributed by atoms with Crippen LogP contribution in [0.3, 0.4) is 0 Å². The molecule has 0 unspecified atom stereocenters. The predicted molar refractivity (Wildman–Crippen MR) is 94.3 cm³/mol. The van der Waals surface area contributed by atoms with Crippen molar-refractivity contribution in [3.05, 3.63) is 35.9 Å². The van der Waals surface area contributed by atoms with E-state index in [0.717, 1.165) is 24.8 Å². The first kappa shape index (κ1) is 15.9. The minimum Gasteiger partial charge on any atom is -0.341 e. The third-order valence-electron chi connectivity index (χ3n) is 5.04. The van der Waals surface area contributed by atoms with Crippen LogP contribution in [0.25, 0.3) is 0 Å². The highest BCUT2D eigenvalue weighted by atomic mass is 32.2. The van der Waals surface area contributed by atoms with Gasteiger partial charge in [0.2, 0.25) is 5.91 Å². The molecule has 0 bridgehead atoms. The molecular formula is C19H27NOS. The molecule has 1 aliphatic heterocycles. The molecule has 3 heteroatoms. The Kier molecular flexibility index (Phi) is 5.82. The zero-order valence-electron chi connectivity index (χ0n) is 13.4. The Morgan fingerprint density at radius 2 is 1.77 bits per heavy atom. The van der Waals surface area contributed by atoms with E-state index in [4.69, 9.17) is 0 Å². The van der Waals surface area contributed by atoms with E-state index in [2.05, 4.69) is 35.2 Å². The van der Waals surface area contributed by atoms with E-state index in [9.17, 15) is 4.79 Å². The molecule has 1 aromatic rings. The normalized spacial score (nSPS) is 23.5. The number of hydrogen-bond acceptors (Lipinski definition) is 2. The molecule has 1 saturated carbocycles. The van der Waals surface area contributed by atoms with Crippen molar-refractivity contribution in [2.45, 2.75) is 56.1 Å². The number of nitrogens with zero attached hydrogens (tertiary/aromatic N) is 1. The summed E-state index contributed by atoms with van der Waals surface area (Å²) < 4.78 is 0. The average molecular weight is 317 g/mol. The van der Waals surface area contributed by atoms with Gasteiger partial charge in [-0.25, -0.2) is 0 Å². The molecule has 120 valence electrons. The lowest BCUT2D eigenvalue weighted by Gasteiger charge is -2.25. The van der Waals surface area contributed by atoms with Crippen LogP contribution in [-0.2, 0) is 4.79 Å². The highest BCUT2D eigenvalue weighted by Crippen LogP contribution is 2.30. The Morgan fingerprint density at radius 3 is 2.55 bits per heavy atom. The molecule has 1 saturated heterocycles. The van der Waals surface area contributed by atoms with Crippen LogP contribution in [0.5, 0.6) is 0 Å². The second-order valence-electron chi connectivity index (χ2n) is 6.66. The molecule has 0 N–H and O–H groups in total. The lowest BCUT2D eigenvalue weighted by Crippen LogP contribution is -2.35. The van der Waals surface area contributed by atoms with Gasteiger partial charge in [0.15, 0.2) is 0 Å². The van der Waals surface area contributed by atoms with E-state index < -0.39 is 0 Å². The van der Waals surface area contributed by atoms with Gasteiger partial charge in [0, 0.05) is 24.3 Å². The van der Waals surface area contributed by atoms with Crippen molar-refractivity contribution >= 4 is 17.7 Å². The van der Waals surface area contributed by atoms with E-state index in [1.54, 1.807) is 0 Å². The summed E-state index contributed by atoms with van der Waals surface area (Å²) in [7, 11) is 0. The van der Waals surface area contributed by atoms with Crippen molar-refractivity contribution in [2.24, 2.45) is 0 Å². The molecule has 22 heavy (non-hydrogen) atoms. The molecule has 2 nitrogen and oxygen atoms in total. The van der Waals surface area contributed by atoms with Gasteiger partial charge >= 0.3 is 0 Å². The molecular weight excluding hydrogens is 290 g/mol. The van der Waals surface area contributed by atoms with Crippen LogP contribution in [0.1, 0.15) is 56.4 Å². The summed E-state index contributed by atoms with van der Waals surface area (Å²) in [6, 6.07) is 10.7. The molecule has 2 fully saturated rings. The Hall–Kier alpha value is -0.960. The Labute approximate surface area is 138 Å². The minimum absolute atomic E-state index is 0.361. The molecule has 0 aromatic heterocycles. The Morgan fingerprint density at radius 1 is 1.05 bits per heavy atom. The molecule has 0 radical (unpaired) electrons. The van der Waals surface area contributed by atoms with Crippen LogP contribution >= 0.6 is 11.8 Å². The summed E-state index contributed by atoms with van der Waals surface area (Å²) in [6.45, 7) is 1.86. The van der Waals surface area contributed by atoms with Gasteiger partial charge in [0.05, 0.1) is 5.75 Å². The van der Waals surface area contributed by atoms with Crippen molar-refractivity contribution in [1.29, 1.82) is 0 Å². The maximum absolute atomic E-state index is 12.6. The third-order valence-corrected chi connectivity index (χ3v) is 6.40. The van der Waals surface area contributed by atoms with E-state index >= 15 is 0 Å². The van der Waals surface area contributed by atoms with E-state index in [-0.39, 0.29) is 0 Å². The van der Waals surface area contributed by atoms with Crippen LogP contribution in [0.15, 0.2) is 30.3 Å². The summed E-state index contributed by atoms with van der Waals surface area (Å²) in [5.41, 5.74) is 1.39.